The van der Waals surface area contributed by atoms with Gasteiger partial charge in [0.05, 0.1) is 0 Å². The molecule has 0 aromatic carbocycles. The van der Waals surface area contributed by atoms with E-state index in [0.717, 1.165) is 32.4 Å². The molecular weight excluding hydrogens is 222 g/mol. The van der Waals surface area contributed by atoms with Gasteiger partial charge in [-0.2, -0.15) is 0 Å². The first kappa shape index (κ1) is 17.2. The molecule has 0 spiro atoms. The van der Waals surface area contributed by atoms with E-state index in [1.807, 2.05) is 18.7 Å². The van der Waals surface area contributed by atoms with Gasteiger partial charge < -0.3 is 4.90 Å². The number of allylic oxidation sites excluding steroid dienone is 2. The van der Waals surface area contributed by atoms with Crippen LogP contribution < -0.4 is 0 Å². The number of carbonyl (C=O) groups excluding carboxylic acids is 1. The average molecular weight is 253 g/mol. The van der Waals surface area contributed by atoms with Crippen molar-refractivity contribution in [2.75, 3.05) is 13.1 Å². The summed E-state index contributed by atoms with van der Waals surface area (Å²) in [5.74, 6) is 0.325. The third kappa shape index (κ3) is 9.26. The Kier molecular flexibility index (Phi) is 12.1. The summed E-state index contributed by atoms with van der Waals surface area (Å²) in [5.41, 5.74) is 0. The molecular formula is C16H31NO. The van der Waals surface area contributed by atoms with Gasteiger partial charge in [-0.05, 0) is 39.5 Å². The normalized spacial score (nSPS) is 11.1. The van der Waals surface area contributed by atoms with E-state index in [0.29, 0.717) is 5.91 Å². The zero-order valence-corrected chi connectivity index (χ0v) is 12.6. The largest absolute Gasteiger partial charge is 0.343 e. The fraction of sp³-hybridized carbons (Fsp3) is 0.812. The SMILES string of the molecule is CCC=CCCCCCCCC(=O)N(CC)CC. The minimum absolute atomic E-state index is 0.325. The van der Waals surface area contributed by atoms with E-state index in [9.17, 15) is 4.79 Å². The van der Waals surface area contributed by atoms with E-state index in [1.54, 1.807) is 0 Å². The van der Waals surface area contributed by atoms with Crippen LogP contribution in [0.4, 0.5) is 0 Å². The van der Waals surface area contributed by atoms with Crippen molar-refractivity contribution in [1.29, 1.82) is 0 Å². The molecule has 0 heterocycles. The topological polar surface area (TPSA) is 20.3 Å². The Bertz CT molecular complexity index is 219. The van der Waals surface area contributed by atoms with Gasteiger partial charge in [0.15, 0.2) is 0 Å². The minimum Gasteiger partial charge on any atom is -0.343 e. The summed E-state index contributed by atoms with van der Waals surface area (Å²) in [5, 5.41) is 0. The molecule has 0 unspecified atom stereocenters. The molecule has 0 aliphatic carbocycles. The lowest BCUT2D eigenvalue weighted by molar-refractivity contribution is -0.130. The fourth-order valence-electron chi connectivity index (χ4n) is 2.09. The molecule has 0 aromatic heterocycles. The van der Waals surface area contributed by atoms with E-state index in [1.165, 1.54) is 32.1 Å². The molecule has 0 radical (unpaired) electrons. The van der Waals surface area contributed by atoms with Crippen molar-refractivity contribution >= 4 is 5.91 Å². The molecule has 0 N–H and O–H groups in total. The molecule has 1 amide bonds. The van der Waals surface area contributed by atoms with E-state index in [4.69, 9.17) is 0 Å². The number of hydrogen-bond acceptors (Lipinski definition) is 1. The smallest absolute Gasteiger partial charge is 0.222 e. The van der Waals surface area contributed by atoms with Gasteiger partial charge in [-0.15, -0.1) is 0 Å². The Labute approximate surface area is 113 Å². The first-order valence-corrected chi connectivity index (χ1v) is 7.68. The van der Waals surface area contributed by atoms with Crippen LogP contribution in [0.15, 0.2) is 12.2 Å². The Morgan fingerprint density at radius 3 is 2.11 bits per heavy atom. The number of nitrogens with zero attached hydrogens (tertiary/aromatic N) is 1. The summed E-state index contributed by atoms with van der Waals surface area (Å²) in [4.78, 5) is 13.7. The standard InChI is InChI=1S/C16H31NO/c1-4-7-8-9-10-11-12-13-14-15-16(18)17(5-2)6-3/h7-8H,4-6,9-15H2,1-3H3. The maximum atomic E-state index is 11.7. The van der Waals surface area contributed by atoms with Crippen molar-refractivity contribution in [2.24, 2.45) is 0 Å². The summed E-state index contributed by atoms with van der Waals surface area (Å²) in [6.45, 7) is 7.96. The van der Waals surface area contributed by atoms with Crippen LogP contribution in [-0.4, -0.2) is 23.9 Å². The third-order valence-electron chi connectivity index (χ3n) is 3.28. The van der Waals surface area contributed by atoms with Crippen LogP contribution >= 0.6 is 0 Å². The molecule has 0 aromatic rings. The van der Waals surface area contributed by atoms with Gasteiger partial charge in [-0.1, -0.05) is 38.3 Å². The molecule has 0 saturated carbocycles. The minimum atomic E-state index is 0.325. The first-order chi connectivity index (χ1) is 8.76. The highest BCUT2D eigenvalue weighted by molar-refractivity contribution is 5.75. The van der Waals surface area contributed by atoms with Crippen LogP contribution in [0.5, 0.6) is 0 Å². The highest BCUT2D eigenvalue weighted by Crippen LogP contribution is 2.09. The van der Waals surface area contributed by atoms with E-state index < -0.39 is 0 Å². The molecule has 2 nitrogen and oxygen atoms in total. The van der Waals surface area contributed by atoms with Gasteiger partial charge >= 0.3 is 0 Å². The molecule has 106 valence electrons. The van der Waals surface area contributed by atoms with Gasteiger partial charge in [0.25, 0.3) is 0 Å². The highest BCUT2D eigenvalue weighted by atomic mass is 16.2. The van der Waals surface area contributed by atoms with Crippen molar-refractivity contribution in [3.8, 4) is 0 Å². The number of amides is 1. The molecule has 2 heteroatoms. The second-order valence-corrected chi connectivity index (χ2v) is 4.75. The van der Waals surface area contributed by atoms with E-state index in [2.05, 4.69) is 19.1 Å². The molecule has 0 rings (SSSR count). The van der Waals surface area contributed by atoms with Gasteiger partial charge in [0, 0.05) is 19.5 Å². The van der Waals surface area contributed by atoms with Gasteiger partial charge in [0.2, 0.25) is 5.91 Å². The second-order valence-electron chi connectivity index (χ2n) is 4.75. The number of rotatable bonds is 11. The van der Waals surface area contributed by atoms with Crippen molar-refractivity contribution in [3.63, 3.8) is 0 Å². The monoisotopic (exact) mass is 253 g/mol. The predicted octanol–water partition coefficient (Wildman–Crippen LogP) is 4.55. The summed E-state index contributed by atoms with van der Waals surface area (Å²) in [7, 11) is 0. The maximum absolute atomic E-state index is 11.7. The molecule has 18 heavy (non-hydrogen) atoms. The number of unbranched alkanes of at least 4 members (excludes halogenated alkanes) is 5. The van der Waals surface area contributed by atoms with Gasteiger partial charge in [-0.3, -0.25) is 4.79 Å². The van der Waals surface area contributed by atoms with Crippen molar-refractivity contribution in [2.45, 2.75) is 72.1 Å². The zero-order chi connectivity index (χ0) is 13.6. The van der Waals surface area contributed by atoms with Crippen molar-refractivity contribution in [1.82, 2.24) is 4.90 Å². The van der Waals surface area contributed by atoms with Crippen LogP contribution in [-0.2, 0) is 4.79 Å². The molecule has 0 atom stereocenters. The summed E-state index contributed by atoms with van der Waals surface area (Å²) in [6, 6.07) is 0. The van der Waals surface area contributed by atoms with Crippen molar-refractivity contribution in [3.05, 3.63) is 12.2 Å². The molecule has 0 aliphatic heterocycles. The Morgan fingerprint density at radius 2 is 1.50 bits per heavy atom. The fourth-order valence-corrected chi connectivity index (χ4v) is 2.09. The lowest BCUT2D eigenvalue weighted by atomic mass is 10.1. The maximum Gasteiger partial charge on any atom is 0.222 e. The van der Waals surface area contributed by atoms with Crippen molar-refractivity contribution < 1.29 is 4.79 Å². The summed E-state index contributed by atoms with van der Waals surface area (Å²) >= 11 is 0. The van der Waals surface area contributed by atoms with E-state index in [-0.39, 0.29) is 0 Å². The Hall–Kier alpha value is -0.790. The van der Waals surface area contributed by atoms with Crippen LogP contribution in [0.1, 0.15) is 72.1 Å². The second kappa shape index (κ2) is 12.7. The summed E-state index contributed by atoms with van der Waals surface area (Å²) < 4.78 is 0. The highest BCUT2D eigenvalue weighted by Gasteiger charge is 2.07. The lowest BCUT2D eigenvalue weighted by Gasteiger charge is -2.18. The van der Waals surface area contributed by atoms with Crippen LogP contribution in [0, 0.1) is 0 Å². The Morgan fingerprint density at radius 1 is 0.889 bits per heavy atom. The Balaban J connectivity index is 3.34. The molecule has 0 saturated heterocycles. The van der Waals surface area contributed by atoms with Gasteiger partial charge in [0.1, 0.15) is 0 Å². The quantitative estimate of drug-likeness (QED) is 0.391. The average Bonchev–Trinajstić information content (AvgIpc) is 2.38. The zero-order valence-electron chi connectivity index (χ0n) is 12.6. The predicted molar refractivity (Wildman–Crippen MR) is 79.7 cm³/mol. The number of hydrogen-bond donors (Lipinski definition) is 0. The van der Waals surface area contributed by atoms with Gasteiger partial charge in [-0.25, -0.2) is 0 Å². The third-order valence-corrected chi connectivity index (χ3v) is 3.28. The van der Waals surface area contributed by atoms with Crippen LogP contribution in [0.25, 0.3) is 0 Å². The first-order valence-electron chi connectivity index (χ1n) is 7.68. The van der Waals surface area contributed by atoms with E-state index >= 15 is 0 Å². The van der Waals surface area contributed by atoms with Crippen LogP contribution in [0.3, 0.4) is 0 Å². The molecule has 0 aliphatic rings. The van der Waals surface area contributed by atoms with Crippen LogP contribution in [0.2, 0.25) is 0 Å². The molecule has 0 fully saturated rings. The number of carbonyl (C=O) groups is 1. The summed E-state index contributed by atoms with van der Waals surface area (Å²) in [6.07, 6.45) is 13.7. The lowest BCUT2D eigenvalue weighted by Crippen LogP contribution is -2.30. The molecule has 0 bridgehead atoms.